The topological polar surface area (TPSA) is 81.6 Å². The Morgan fingerprint density at radius 2 is 2.00 bits per heavy atom. The van der Waals surface area contributed by atoms with E-state index in [1.165, 1.54) is 6.33 Å². The molecule has 2 aliphatic heterocycles. The van der Waals surface area contributed by atoms with Crippen molar-refractivity contribution in [2.75, 3.05) is 26.3 Å². The number of aryl methyl sites for hydroxylation is 1. The van der Waals surface area contributed by atoms with Crippen molar-refractivity contribution in [1.82, 2.24) is 14.3 Å². The molecule has 0 N–H and O–H groups in total. The molecule has 0 radical (unpaired) electrons. The summed E-state index contributed by atoms with van der Waals surface area (Å²) in [6.45, 7) is 6.05. The third kappa shape index (κ3) is 3.71. The van der Waals surface area contributed by atoms with E-state index in [4.69, 9.17) is 9.47 Å². The van der Waals surface area contributed by atoms with Crippen LogP contribution in [-0.2, 0) is 16.4 Å². The van der Waals surface area contributed by atoms with Crippen LogP contribution in [0.25, 0.3) is 0 Å². The summed E-state index contributed by atoms with van der Waals surface area (Å²) >= 11 is 0. The van der Waals surface area contributed by atoms with Gasteiger partial charge in [-0.3, -0.25) is 0 Å². The highest BCUT2D eigenvalue weighted by Crippen LogP contribution is 2.30. The molecule has 3 heterocycles. The molecular formula is C20H25N3O4S. The molecule has 8 heteroatoms. The van der Waals surface area contributed by atoms with Crippen molar-refractivity contribution in [3.05, 3.63) is 41.3 Å². The fraction of sp³-hybridized carbons (Fsp3) is 0.500. The maximum atomic E-state index is 13.0. The van der Waals surface area contributed by atoms with Gasteiger partial charge < -0.3 is 9.47 Å². The lowest BCUT2D eigenvalue weighted by Crippen LogP contribution is -2.39. The Labute approximate surface area is 165 Å². The van der Waals surface area contributed by atoms with Crippen LogP contribution < -0.4 is 9.47 Å². The first-order chi connectivity index (χ1) is 13.4. The summed E-state index contributed by atoms with van der Waals surface area (Å²) in [5.41, 5.74) is 2.83. The third-order valence-electron chi connectivity index (χ3n) is 5.62. The average molecular weight is 404 g/mol. The number of ether oxygens (including phenoxy) is 2. The Morgan fingerprint density at radius 1 is 1.21 bits per heavy atom. The quantitative estimate of drug-likeness (QED) is 0.763. The molecule has 28 heavy (non-hydrogen) atoms. The summed E-state index contributed by atoms with van der Waals surface area (Å²) in [6.07, 6.45) is 3.82. The van der Waals surface area contributed by atoms with Crippen LogP contribution in [0.3, 0.4) is 0 Å². The molecule has 1 fully saturated rings. The Kier molecular flexibility index (Phi) is 5.25. The fourth-order valence-electron chi connectivity index (χ4n) is 3.65. The van der Waals surface area contributed by atoms with Crippen LogP contribution in [0.2, 0.25) is 0 Å². The molecule has 2 aliphatic rings. The van der Waals surface area contributed by atoms with E-state index in [2.05, 4.69) is 9.97 Å². The van der Waals surface area contributed by atoms with E-state index in [0.717, 1.165) is 41.8 Å². The Bertz CT molecular complexity index is 969. The first-order valence-electron chi connectivity index (χ1n) is 9.62. The van der Waals surface area contributed by atoms with E-state index in [1.807, 2.05) is 13.8 Å². The smallest absolute Gasteiger partial charge is 0.243 e. The second-order valence-electron chi connectivity index (χ2n) is 7.42. The van der Waals surface area contributed by atoms with Gasteiger partial charge in [-0.2, -0.15) is 4.31 Å². The maximum Gasteiger partial charge on any atom is 0.243 e. The lowest BCUT2D eigenvalue weighted by Gasteiger charge is -2.31. The summed E-state index contributed by atoms with van der Waals surface area (Å²) in [5, 5.41) is 0. The Morgan fingerprint density at radius 3 is 2.79 bits per heavy atom. The van der Waals surface area contributed by atoms with Gasteiger partial charge >= 0.3 is 0 Å². The van der Waals surface area contributed by atoms with Gasteiger partial charge in [0.25, 0.3) is 0 Å². The first-order valence-corrected chi connectivity index (χ1v) is 11.1. The summed E-state index contributed by atoms with van der Waals surface area (Å²) < 4.78 is 38.9. The third-order valence-corrected chi connectivity index (χ3v) is 7.51. The van der Waals surface area contributed by atoms with Gasteiger partial charge in [0.15, 0.2) is 0 Å². The van der Waals surface area contributed by atoms with E-state index >= 15 is 0 Å². The molecule has 0 bridgehead atoms. The molecule has 7 nitrogen and oxygen atoms in total. The van der Waals surface area contributed by atoms with Gasteiger partial charge in [0.2, 0.25) is 15.9 Å². The SMILES string of the molecule is Cc1ncnc(OCC2CCN(S(=O)(=O)c3ccc4c(c3)CCO4)CC2)c1C. The van der Waals surface area contributed by atoms with Gasteiger partial charge in [-0.05, 0) is 56.4 Å². The minimum Gasteiger partial charge on any atom is -0.493 e. The van der Waals surface area contributed by atoms with Crippen molar-refractivity contribution in [3.63, 3.8) is 0 Å². The van der Waals surface area contributed by atoms with Crippen LogP contribution in [0.4, 0.5) is 0 Å². The summed E-state index contributed by atoms with van der Waals surface area (Å²) in [6, 6.07) is 5.17. The van der Waals surface area contributed by atoms with Gasteiger partial charge in [0.1, 0.15) is 12.1 Å². The van der Waals surface area contributed by atoms with E-state index in [0.29, 0.717) is 43.0 Å². The number of rotatable bonds is 5. The average Bonchev–Trinajstić information content (AvgIpc) is 3.17. The van der Waals surface area contributed by atoms with Crippen LogP contribution in [0.15, 0.2) is 29.4 Å². The monoisotopic (exact) mass is 403 g/mol. The highest BCUT2D eigenvalue weighted by Gasteiger charge is 2.30. The molecule has 0 amide bonds. The number of piperidine rings is 1. The molecule has 4 rings (SSSR count). The minimum absolute atomic E-state index is 0.314. The standard InChI is InChI=1S/C20H25N3O4S/c1-14-15(2)21-13-22-20(14)27-12-16-5-8-23(9-6-16)28(24,25)18-3-4-19-17(11-18)7-10-26-19/h3-4,11,13,16H,5-10,12H2,1-2H3. The van der Waals surface area contributed by atoms with Crippen molar-refractivity contribution >= 4 is 10.0 Å². The lowest BCUT2D eigenvalue weighted by atomic mass is 9.99. The fourth-order valence-corrected chi connectivity index (χ4v) is 5.17. The van der Waals surface area contributed by atoms with E-state index in [9.17, 15) is 8.42 Å². The van der Waals surface area contributed by atoms with Crippen molar-refractivity contribution in [2.24, 2.45) is 5.92 Å². The Hall–Kier alpha value is -2.19. The van der Waals surface area contributed by atoms with Crippen LogP contribution in [0.5, 0.6) is 11.6 Å². The van der Waals surface area contributed by atoms with Crippen molar-refractivity contribution in [1.29, 1.82) is 0 Å². The summed E-state index contributed by atoms with van der Waals surface area (Å²) in [4.78, 5) is 8.70. The molecule has 1 saturated heterocycles. The lowest BCUT2D eigenvalue weighted by molar-refractivity contribution is 0.180. The molecule has 150 valence electrons. The molecular weight excluding hydrogens is 378 g/mol. The minimum atomic E-state index is -3.47. The van der Waals surface area contributed by atoms with Gasteiger partial charge in [0.05, 0.1) is 18.1 Å². The predicted molar refractivity (Wildman–Crippen MR) is 104 cm³/mol. The molecule has 0 atom stereocenters. The molecule has 1 aromatic carbocycles. The molecule has 0 unspecified atom stereocenters. The number of hydrogen-bond donors (Lipinski definition) is 0. The molecule has 0 spiro atoms. The van der Waals surface area contributed by atoms with E-state index in [-0.39, 0.29) is 0 Å². The predicted octanol–water partition coefficient (Wildman–Crippen LogP) is 2.51. The van der Waals surface area contributed by atoms with Gasteiger partial charge in [-0.15, -0.1) is 0 Å². The molecule has 1 aromatic heterocycles. The maximum absolute atomic E-state index is 13.0. The van der Waals surface area contributed by atoms with Gasteiger partial charge in [0, 0.05) is 30.8 Å². The van der Waals surface area contributed by atoms with Crippen LogP contribution in [-0.4, -0.2) is 49.0 Å². The highest BCUT2D eigenvalue weighted by atomic mass is 32.2. The van der Waals surface area contributed by atoms with Crippen molar-refractivity contribution in [2.45, 2.75) is 38.0 Å². The summed E-state index contributed by atoms with van der Waals surface area (Å²) in [5.74, 6) is 1.72. The van der Waals surface area contributed by atoms with Gasteiger partial charge in [-0.1, -0.05) is 0 Å². The first kappa shape index (κ1) is 19.1. The molecule has 0 aliphatic carbocycles. The Balaban J connectivity index is 1.36. The zero-order valence-corrected chi connectivity index (χ0v) is 17.0. The number of fused-ring (bicyclic) bond motifs is 1. The van der Waals surface area contributed by atoms with Gasteiger partial charge in [-0.25, -0.2) is 18.4 Å². The number of sulfonamides is 1. The molecule has 0 saturated carbocycles. The normalized spacial score (nSPS) is 17.9. The number of aromatic nitrogens is 2. The van der Waals surface area contributed by atoms with Crippen LogP contribution >= 0.6 is 0 Å². The van der Waals surface area contributed by atoms with Crippen LogP contribution in [0, 0.1) is 19.8 Å². The number of benzene rings is 1. The second-order valence-corrected chi connectivity index (χ2v) is 9.35. The largest absolute Gasteiger partial charge is 0.493 e. The number of nitrogens with zero attached hydrogens (tertiary/aromatic N) is 3. The highest BCUT2D eigenvalue weighted by molar-refractivity contribution is 7.89. The second kappa shape index (κ2) is 7.67. The van der Waals surface area contributed by atoms with Crippen molar-refractivity contribution < 1.29 is 17.9 Å². The van der Waals surface area contributed by atoms with E-state index in [1.54, 1.807) is 22.5 Å². The zero-order chi connectivity index (χ0) is 19.7. The van der Waals surface area contributed by atoms with Crippen LogP contribution in [0.1, 0.15) is 29.7 Å². The number of hydrogen-bond acceptors (Lipinski definition) is 6. The zero-order valence-electron chi connectivity index (χ0n) is 16.2. The molecule has 2 aromatic rings. The summed E-state index contributed by atoms with van der Waals surface area (Å²) in [7, 11) is -3.47. The van der Waals surface area contributed by atoms with E-state index < -0.39 is 10.0 Å². The van der Waals surface area contributed by atoms with Crippen molar-refractivity contribution in [3.8, 4) is 11.6 Å².